The van der Waals surface area contributed by atoms with Gasteiger partial charge >= 0.3 is 0 Å². The molecule has 0 amide bonds. The number of carbonyl (C=O) groups excluding carboxylic acids is 1. The summed E-state index contributed by atoms with van der Waals surface area (Å²) in [6.07, 6.45) is 1.84. The molecule has 0 fully saturated rings. The number of ketones is 1. The minimum atomic E-state index is -2.98. The van der Waals surface area contributed by atoms with E-state index in [1.54, 1.807) is 0 Å². The molecule has 18 heavy (non-hydrogen) atoms. The third kappa shape index (κ3) is 4.53. The van der Waals surface area contributed by atoms with E-state index in [0.717, 1.165) is 15.6 Å². The van der Waals surface area contributed by atoms with Gasteiger partial charge in [-0.05, 0) is 43.5 Å². The van der Waals surface area contributed by atoms with E-state index in [-0.39, 0.29) is 18.0 Å². The van der Waals surface area contributed by atoms with Crippen LogP contribution in [0.15, 0.2) is 16.6 Å². The zero-order chi connectivity index (χ0) is 13.9. The van der Waals surface area contributed by atoms with Crippen LogP contribution in [0.5, 0.6) is 0 Å². The zero-order valence-corrected chi connectivity index (χ0v) is 13.2. The van der Waals surface area contributed by atoms with E-state index in [1.165, 1.54) is 6.26 Å². The summed E-state index contributed by atoms with van der Waals surface area (Å²) in [5.41, 5.74) is 2.68. The van der Waals surface area contributed by atoms with Crippen LogP contribution in [-0.2, 0) is 9.84 Å². The quantitative estimate of drug-likeness (QED) is 0.778. The van der Waals surface area contributed by atoms with E-state index < -0.39 is 9.84 Å². The van der Waals surface area contributed by atoms with E-state index in [1.807, 2.05) is 26.0 Å². The Bertz CT molecular complexity index is 539. The van der Waals surface area contributed by atoms with Gasteiger partial charge in [0.25, 0.3) is 0 Å². The normalized spacial score (nSPS) is 11.6. The standard InChI is InChI=1S/C13H17BrO3S/c1-9-7-11(8-10(2)13(9)14)12(15)5-4-6-18(3,16)17/h7-8H,4-6H2,1-3H3. The summed E-state index contributed by atoms with van der Waals surface area (Å²) in [6, 6.07) is 3.67. The van der Waals surface area contributed by atoms with Crippen molar-refractivity contribution in [1.82, 2.24) is 0 Å². The van der Waals surface area contributed by atoms with Crippen molar-refractivity contribution >= 4 is 31.6 Å². The van der Waals surface area contributed by atoms with E-state index in [4.69, 9.17) is 0 Å². The topological polar surface area (TPSA) is 51.2 Å². The highest BCUT2D eigenvalue weighted by Crippen LogP contribution is 2.23. The van der Waals surface area contributed by atoms with Crippen LogP contribution >= 0.6 is 15.9 Å². The van der Waals surface area contributed by atoms with E-state index in [2.05, 4.69) is 15.9 Å². The van der Waals surface area contributed by atoms with Gasteiger partial charge in [0.2, 0.25) is 0 Å². The lowest BCUT2D eigenvalue weighted by molar-refractivity contribution is 0.0982. The van der Waals surface area contributed by atoms with Gasteiger partial charge in [-0.15, -0.1) is 0 Å². The highest BCUT2D eigenvalue weighted by Gasteiger charge is 2.11. The first kappa shape index (κ1) is 15.4. The fourth-order valence-electron chi connectivity index (χ4n) is 1.75. The lowest BCUT2D eigenvalue weighted by Crippen LogP contribution is -2.07. The smallest absolute Gasteiger partial charge is 0.162 e. The highest BCUT2D eigenvalue weighted by atomic mass is 79.9. The Morgan fingerprint density at radius 2 is 1.72 bits per heavy atom. The molecule has 0 aliphatic rings. The molecule has 1 rings (SSSR count). The van der Waals surface area contributed by atoms with Crippen LogP contribution in [-0.4, -0.2) is 26.2 Å². The summed E-state index contributed by atoms with van der Waals surface area (Å²) < 4.78 is 23.0. The van der Waals surface area contributed by atoms with E-state index >= 15 is 0 Å². The molecule has 3 nitrogen and oxygen atoms in total. The van der Waals surface area contributed by atoms with Crippen molar-refractivity contribution in [2.75, 3.05) is 12.0 Å². The number of halogens is 1. The van der Waals surface area contributed by atoms with Crippen LogP contribution in [0.1, 0.15) is 34.3 Å². The fraction of sp³-hybridized carbons (Fsp3) is 0.462. The number of sulfone groups is 1. The van der Waals surface area contributed by atoms with Crippen molar-refractivity contribution in [3.8, 4) is 0 Å². The van der Waals surface area contributed by atoms with Gasteiger partial charge in [0.1, 0.15) is 9.84 Å². The van der Waals surface area contributed by atoms with Crippen molar-refractivity contribution in [2.24, 2.45) is 0 Å². The van der Waals surface area contributed by atoms with Crippen LogP contribution in [0, 0.1) is 13.8 Å². The summed E-state index contributed by atoms with van der Waals surface area (Å²) in [6.45, 7) is 3.87. The molecule has 5 heteroatoms. The molecule has 0 atom stereocenters. The van der Waals surface area contributed by atoms with E-state index in [0.29, 0.717) is 12.0 Å². The predicted octanol–water partition coefficient (Wildman–Crippen LogP) is 3.07. The number of rotatable bonds is 5. The molecule has 0 N–H and O–H groups in total. The minimum Gasteiger partial charge on any atom is -0.294 e. The predicted molar refractivity (Wildman–Crippen MR) is 76.9 cm³/mol. The summed E-state index contributed by atoms with van der Waals surface area (Å²) in [7, 11) is -2.98. The van der Waals surface area contributed by atoms with Gasteiger partial charge in [-0.2, -0.15) is 0 Å². The Hall–Kier alpha value is -0.680. The Morgan fingerprint density at radius 1 is 1.22 bits per heavy atom. The zero-order valence-electron chi connectivity index (χ0n) is 10.8. The molecular formula is C13H17BrO3S. The van der Waals surface area contributed by atoms with Crippen molar-refractivity contribution < 1.29 is 13.2 Å². The van der Waals surface area contributed by atoms with Gasteiger partial charge in [-0.1, -0.05) is 15.9 Å². The molecule has 0 radical (unpaired) electrons. The molecule has 100 valence electrons. The number of carbonyl (C=O) groups is 1. The number of aryl methyl sites for hydroxylation is 2. The van der Waals surface area contributed by atoms with Crippen molar-refractivity contribution in [3.05, 3.63) is 33.3 Å². The lowest BCUT2D eigenvalue weighted by atomic mass is 10.0. The SMILES string of the molecule is Cc1cc(C(=O)CCCS(C)(=O)=O)cc(C)c1Br. The molecule has 0 spiro atoms. The Morgan fingerprint density at radius 3 is 2.17 bits per heavy atom. The fourth-order valence-corrected chi connectivity index (χ4v) is 2.64. The summed E-state index contributed by atoms with van der Waals surface area (Å²) in [4.78, 5) is 11.9. The Labute approximate surface area is 117 Å². The van der Waals surface area contributed by atoms with Gasteiger partial charge in [-0.25, -0.2) is 8.42 Å². The number of hydrogen-bond donors (Lipinski definition) is 0. The Balaban J connectivity index is 2.74. The molecule has 0 aliphatic carbocycles. The van der Waals surface area contributed by atoms with E-state index in [9.17, 15) is 13.2 Å². The maximum atomic E-state index is 11.9. The Kier molecular flexibility index (Phi) is 5.10. The van der Waals surface area contributed by atoms with Crippen molar-refractivity contribution in [3.63, 3.8) is 0 Å². The van der Waals surface area contributed by atoms with Gasteiger partial charge in [0.05, 0.1) is 5.75 Å². The van der Waals surface area contributed by atoms with Gasteiger partial charge in [-0.3, -0.25) is 4.79 Å². The van der Waals surface area contributed by atoms with Crippen molar-refractivity contribution in [2.45, 2.75) is 26.7 Å². The number of hydrogen-bond acceptors (Lipinski definition) is 3. The first-order valence-electron chi connectivity index (χ1n) is 5.68. The molecule has 1 aromatic rings. The molecule has 0 saturated heterocycles. The molecule has 1 aromatic carbocycles. The average molecular weight is 333 g/mol. The molecule has 0 aromatic heterocycles. The molecule has 0 bridgehead atoms. The third-order valence-electron chi connectivity index (χ3n) is 2.68. The monoisotopic (exact) mass is 332 g/mol. The third-order valence-corrected chi connectivity index (χ3v) is 4.96. The van der Waals surface area contributed by atoms with Crippen LogP contribution in [0.2, 0.25) is 0 Å². The van der Waals surface area contributed by atoms with Crippen molar-refractivity contribution in [1.29, 1.82) is 0 Å². The molecule has 0 heterocycles. The summed E-state index contributed by atoms with van der Waals surface area (Å²) >= 11 is 3.45. The molecule has 0 saturated carbocycles. The number of benzene rings is 1. The van der Waals surface area contributed by atoms with Crippen LogP contribution < -0.4 is 0 Å². The molecule has 0 aliphatic heterocycles. The maximum absolute atomic E-state index is 11.9. The second-order valence-corrected chi connectivity index (χ2v) is 7.63. The molecular weight excluding hydrogens is 316 g/mol. The number of Topliss-reactive ketones (excluding diaryl/α,β-unsaturated/α-hetero) is 1. The largest absolute Gasteiger partial charge is 0.294 e. The average Bonchev–Trinajstić information content (AvgIpc) is 2.23. The first-order chi connectivity index (χ1) is 8.20. The van der Waals surface area contributed by atoms with Crippen LogP contribution in [0.3, 0.4) is 0 Å². The van der Waals surface area contributed by atoms with Gasteiger partial charge < -0.3 is 0 Å². The second kappa shape index (κ2) is 5.97. The molecule has 0 unspecified atom stereocenters. The summed E-state index contributed by atoms with van der Waals surface area (Å²) in [5, 5.41) is 0. The second-order valence-electron chi connectivity index (χ2n) is 4.58. The summed E-state index contributed by atoms with van der Waals surface area (Å²) in [5.74, 6) is 0.0603. The lowest BCUT2D eigenvalue weighted by Gasteiger charge is -2.07. The van der Waals surface area contributed by atoms with Gasteiger partial charge in [0, 0.05) is 22.7 Å². The highest BCUT2D eigenvalue weighted by molar-refractivity contribution is 9.10. The first-order valence-corrected chi connectivity index (χ1v) is 8.54. The van der Waals surface area contributed by atoms with Gasteiger partial charge in [0.15, 0.2) is 5.78 Å². The minimum absolute atomic E-state index is 0.00245. The van der Waals surface area contributed by atoms with Crippen LogP contribution in [0.4, 0.5) is 0 Å². The maximum Gasteiger partial charge on any atom is 0.162 e. The van der Waals surface area contributed by atoms with Crippen LogP contribution in [0.25, 0.3) is 0 Å².